The molecule has 0 aliphatic rings. The van der Waals surface area contributed by atoms with E-state index in [1.54, 1.807) is 24.3 Å². The van der Waals surface area contributed by atoms with E-state index in [1.807, 2.05) is 0 Å². The van der Waals surface area contributed by atoms with E-state index in [4.69, 9.17) is 4.74 Å². The Balaban J connectivity index is 1.77. The van der Waals surface area contributed by atoms with Gasteiger partial charge in [-0.25, -0.2) is 9.18 Å². The van der Waals surface area contributed by atoms with E-state index in [-0.39, 0.29) is 25.2 Å². The molecule has 0 saturated carbocycles. The summed E-state index contributed by atoms with van der Waals surface area (Å²) >= 11 is 0. The van der Waals surface area contributed by atoms with Crippen LogP contribution in [-0.4, -0.2) is 24.8 Å². The molecule has 0 unspecified atom stereocenters. The quantitative estimate of drug-likeness (QED) is 0.569. The van der Waals surface area contributed by atoms with Crippen molar-refractivity contribution in [2.75, 3.05) is 7.11 Å². The number of ketones is 1. The van der Waals surface area contributed by atoms with Crippen molar-refractivity contribution in [1.29, 1.82) is 0 Å². The molecule has 0 radical (unpaired) electrons. The first-order valence-electron chi connectivity index (χ1n) is 7.61. The Hall–Kier alpha value is -3.02. The van der Waals surface area contributed by atoms with Crippen molar-refractivity contribution in [2.45, 2.75) is 19.4 Å². The molecule has 2 aromatic rings. The maximum atomic E-state index is 12.8. The third-order valence-electron chi connectivity index (χ3n) is 3.50. The smallest absolute Gasteiger partial charge is 0.337 e. The molecule has 0 amide bonds. The molecular formula is C19H17FO5. The molecule has 0 bridgehead atoms. The van der Waals surface area contributed by atoms with Crippen molar-refractivity contribution in [3.05, 3.63) is 71.0 Å². The lowest BCUT2D eigenvalue weighted by Crippen LogP contribution is -2.08. The van der Waals surface area contributed by atoms with Crippen LogP contribution in [0.3, 0.4) is 0 Å². The van der Waals surface area contributed by atoms with E-state index in [2.05, 4.69) is 4.74 Å². The van der Waals surface area contributed by atoms with E-state index in [0.29, 0.717) is 16.7 Å². The molecule has 0 aliphatic heterocycles. The SMILES string of the molecule is COC(=O)c1ccc(COC(=O)CCC(=O)c2ccc(F)cc2)cc1. The predicted octanol–water partition coefficient (Wildman–Crippen LogP) is 3.32. The fourth-order valence-corrected chi connectivity index (χ4v) is 2.09. The van der Waals surface area contributed by atoms with Crippen LogP contribution in [0.15, 0.2) is 48.5 Å². The van der Waals surface area contributed by atoms with Gasteiger partial charge in [-0.2, -0.15) is 0 Å². The summed E-state index contributed by atoms with van der Waals surface area (Å²) in [6, 6.07) is 11.6. The maximum absolute atomic E-state index is 12.8. The van der Waals surface area contributed by atoms with Gasteiger partial charge < -0.3 is 9.47 Å². The van der Waals surface area contributed by atoms with Crippen molar-refractivity contribution in [3.63, 3.8) is 0 Å². The van der Waals surface area contributed by atoms with E-state index in [1.165, 1.54) is 31.4 Å². The second kappa shape index (κ2) is 8.73. The highest BCUT2D eigenvalue weighted by atomic mass is 19.1. The van der Waals surface area contributed by atoms with Crippen molar-refractivity contribution in [3.8, 4) is 0 Å². The molecule has 5 nitrogen and oxygen atoms in total. The Bertz CT molecular complexity index is 750. The number of halogens is 1. The van der Waals surface area contributed by atoms with Gasteiger partial charge in [-0.1, -0.05) is 12.1 Å². The Labute approximate surface area is 144 Å². The van der Waals surface area contributed by atoms with Gasteiger partial charge in [0.15, 0.2) is 5.78 Å². The Morgan fingerprint density at radius 1 is 0.880 bits per heavy atom. The van der Waals surface area contributed by atoms with Crippen molar-refractivity contribution < 1.29 is 28.2 Å². The van der Waals surface area contributed by atoms with Gasteiger partial charge in [-0.05, 0) is 42.0 Å². The first kappa shape index (κ1) is 18.3. The minimum Gasteiger partial charge on any atom is -0.465 e. The van der Waals surface area contributed by atoms with Gasteiger partial charge in [0.05, 0.1) is 19.1 Å². The van der Waals surface area contributed by atoms with Gasteiger partial charge in [0.2, 0.25) is 0 Å². The van der Waals surface area contributed by atoms with Crippen LogP contribution in [0, 0.1) is 5.82 Å². The molecule has 0 fully saturated rings. The average Bonchev–Trinajstić information content (AvgIpc) is 2.64. The van der Waals surface area contributed by atoms with E-state index < -0.39 is 17.8 Å². The number of ether oxygens (including phenoxy) is 2. The average molecular weight is 344 g/mol. The number of Topliss-reactive ketones (excluding diaryl/α,β-unsaturated/α-hetero) is 1. The monoisotopic (exact) mass is 344 g/mol. The molecule has 0 atom stereocenters. The zero-order chi connectivity index (χ0) is 18.2. The normalized spacial score (nSPS) is 10.2. The van der Waals surface area contributed by atoms with Crippen LogP contribution < -0.4 is 0 Å². The van der Waals surface area contributed by atoms with Gasteiger partial charge in [-0.3, -0.25) is 9.59 Å². The molecule has 0 saturated heterocycles. The molecule has 6 heteroatoms. The summed E-state index contributed by atoms with van der Waals surface area (Å²) in [6.07, 6.45) is -0.0673. The largest absolute Gasteiger partial charge is 0.465 e. The minimum atomic E-state index is -0.507. The van der Waals surface area contributed by atoms with Gasteiger partial charge in [-0.15, -0.1) is 0 Å². The number of carbonyl (C=O) groups excluding carboxylic acids is 3. The van der Waals surface area contributed by atoms with Crippen molar-refractivity contribution in [1.82, 2.24) is 0 Å². The number of methoxy groups -OCH3 is 1. The van der Waals surface area contributed by atoms with Crippen LogP contribution in [0.5, 0.6) is 0 Å². The zero-order valence-corrected chi connectivity index (χ0v) is 13.7. The molecule has 2 aromatic carbocycles. The van der Waals surface area contributed by atoms with Crippen LogP contribution >= 0.6 is 0 Å². The molecule has 2 rings (SSSR count). The molecule has 25 heavy (non-hydrogen) atoms. The number of hydrogen-bond acceptors (Lipinski definition) is 5. The summed E-state index contributed by atoms with van der Waals surface area (Å²) in [5, 5.41) is 0. The first-order chi connectivity index (χ1) is 12.0. The van der Waals surface area contributed by atoms with Crippen LogP contribution in [0.25, 0.3) is 0 Å². The summed E-state index contributed by atoms with van der Waals surface area (Å²) in [7, 11) is 1.30. The number of benzene rings is 2. The van der Waals surface area contributed by atoms with Gasteiger partial charge in [0.1, 0.15) is 12.4 Å². The molecule has 0 aliphatic carbocycles. The number of carbonyl (C=O) groups is 3. The third-order valence-corrected chi connectivity index (χ3v) is 3.50. The standard InChI is InChI=1S/C19H17FO5/c1-24-19(23)15-4-2-13(3-5-15)12-25-18(22)11-10-17(21)14-6-8-16(20)9-7-14/h2-9H,10-12H2,1H3. The highest BCUT2D eigenvalue weighted by molar-refractivity contribution is 5.97. The Morgan fingerprint density at radius 3 is 2.08 bits per heavy atom. The Morgan fingerprint density at radius 2 is 1.48 bits per heavy atom. The minimum absolute atomic E-state index is 0.00819. The zero-order valence-electron chi connectivity index (χ0n) is 13.7. The van der Waals surface area contributed by atoms with Gasteiger partial charge >= 0.3 is 11.9 Å². The summed E-state index contributed by atoms with van der Waals surface area (Å²) in [5.74, 6) is -1.62. The van der Waals surface area contributed by atoms with E-state index in [0.717, 1.165) is 0 Å². The molecule has 0 spiro atoms. The fraction of sp³-hybridized carbons (Fsp3) is 0.211. The second-order valence-electron chi connectivity index (χ2n) is 5.28. The van der Waals surface area contributed by atoms with E-state index in [9.17, 15) is 18.8 Å². The maximum Gasteiger partial charge on any atom is 0.337 e. The topological polar surface area (TPSA) is 69.7 Å². The second-order valence-corrected chi connectivity index (χ2v) is 5.28. The van der Waals surface area contributed by atoms with Crippen molar-refractivity contribution >= 4 is 17.7 Å². The van der Waals surface area contributed by atoms with Gasteiger partial charge in [0.25, 0.3) is 0 Å². The molecule has 0 aromatic heterocycles. The lowest BCUT2D eigenvalue weighted by molar-refractivity contribution is -0.144. The summed E-state index contributed by atoms with van der Waals surface area (Å²) < 4.78 is 22.5. The number of rotatable bonds is 7. The first-order valence-corrected chi connectivity index (χ1v) is 7.61. The number of hydrogen-bond donors (Lipinski definition) is 0. The summed E-state index contributed by atoms with van der Waals surface area (Å²) in [4.78, 5) is 34.9. The summed E-state index contributed by atoms with van der Waals surface area (Å²) in [5.41, 5.74) is 1.47. The van der Waals surface area contributed by atoms with Crippen LogP contribution in [0.1, 0.15) is 39.1 Å². The Kier molecular flexibility index (Phi) is 6.39. The van der Waals surface area contributed by atoms with Crippen LogP contribution in [0.4, 0.5) is 4.39 Å². The van der Waals surface area contributed by atoms with Crippen LogP contribution in [0.2, 0.25) is 0 Å². The van der Waals surface area contributed by atoms with Gasteiger partial charge in [0, 0.05) is 12.0 Å². The summed E-state index contributed by atoms with van der Waals surface area (Å²) in [6.45, 7) is 0.0467. The highest BCUT2D eigenvalue weighted by Crippen LogP contribution is 2.10. The van der Waals surface area contributed by atoms with Crippen molar-refractivity contribution in [2.24, 2.45) is 0 Å². The molecular weight excluding hydrogens is 327 g/mol. The molecule has 130 valence electrons. The third kappa shape index (κ3) is 5.53. The van der Waals surface area contributed by atoms with E-state index >= 15 is 0 Å². The molecule has 0 N–H and O–H groups in total. The lowest BCUT2D eigenvalue weighted by atomic mass is 10.1. The molecule has 0 heterocycles. The lowest BCUT2D eigenvalue weighted by Gasteiger charge is -2.06. The van der Waals surface area contributed by atoms with Crippen LogP contribution in [-0.2, 0) is 20.9 Å². The number of esters is 2. The highest BCUT2D eigenvalue weighted by Gasteiger charge is 2.11. The predicted molar refractivity (Wildman–Crippen MR) is 87.5 cm³/mol. The fourth-order valence-electron chi connectivity index (χ4n) is 2.09.